The molecule has 1 aromatic carbocycles. The second-order valence-corrected chi connectivity index (χ2v) is 5.73. The molecule has 1 N–H and O–H groups in total. The van der Waals surface area contributed by atoms with Gasteiger partial charge in [-0.15, -0.1) is 0 Å². The topological polar surface area (TPSA) is 66.6 Å². The maximum atomic E-state index is 13.6. The van der Waals surface area contributed by atoms with E-state index in [1.807, 2.05) is 0 Å². The minimum Gasteiger partial charge on any atom is -0.393 e. The first-order valence-electron chi connectivity index (χ1n) is 6.91. The van der Waals surface area contributed by atoms with E-state index in [1.165, 1.54) is 12.1 Å². The van der Waals surface area contributed by atoms with E-state index in [4.69, 9.17) is 0 Å². The van der Waals surface area contributed by atoms with Gasteiger partial charge < -0.3 is 5.11 Å². The average molecular weight is 280 g/mol. The summed E-state index contributed by atoms with van der Waals surface area (Å²) in [4.78, 5) is 12.2. The molecule has 20 heavy (non-hydrogen) atoms. The maximum Gasteiger partial charge on any atom is 0.304 e. The van der Waals surface area contributed by atoms with Gasteiger partial charge in [0.05, 0.1) is 11.0 Å². The molecule has 5 nitrogen and oxygen atoms in total. The Balaban J connectivity index is 1.76. The van der Waals surface area contributed by atoms with Crippen molar-refractivity contribution in [2.75, 3.05) is 0 Å². The lowest BCUT2D eigenvalue weighted by Gasteiger charge is -2.37. The van der Waals surface area contributed by atoms with Crippen LogP contribution in [0.4, 0.5) is 10.1 Å². The van der Waals surface area contributed by atoms with Crippen LogP contribution in [-0.2, 0) is 6.54 Å². The van der Waals surface area contributed by atoms with Gasteiger partial charge >= 0.3 is 5.69 Å². The number of aliphatic hydroxyl groups is 1. The fourth-order valence-corrected chi connectivity index (χ4v) is 3.51. The zero-order chi connectivity index (χ0) is 14.3. The van der Waals surface area contributed by atoms with Gasteiger partial charge in [0, 0.05) is 24.7 Å². The summed E-state index contributed by atoms with van der Waals surface area (Å²) in [6, 6.07) is 4.80. The van der Waals surface area contributed by atoms with E-state index >= 15 is 0 Å². The molecule has 0 radical (unpaired) electrons. The Morgan fingerprint density at radius 3 is 2.55 bits per heavy atom. The number of fused-ring (bicyclic) bond motifs is 2. The normalized spacial score (nSPS) is 29.6. The number of aliphatic hydroxyl groups excluding tert-OH is 1. The van der Waals surface area contributed by atoms with Crippen molar-refractivity contribution in [1.82, 2.24) is 4.90 Å². The Morgan fingerprint density at radius 2 is 2.00 bits per heavy atom. The van der Waals surface area contributed by atoms with Crippen LogP contribution in [0.2, 0.25) is 0 Å². The van der Waals surface area contributed by atoms with Gasteiger partial charge in [0.1, 0.15) is 0 Å². The van der Waals surface area contributed by atoms with Gasteiger partial charge in [0.15, 0.2) is 0 Å². The average Bonchev–Trinajstić information content (AvgIpc) is 2.62. The molecule has 1 aromatic rings. The van der Waals surface area contributed by atoms with Crippen LogP contribution >= 0.6 is 0 Å². The van der Waals surface area contributed by atoms with E-state index in [1.54, 1.807) is 6.07 Å². The molecule has 108 valence electrons. The van der Waals surface area contributed by atoms with Crippen LogP contribution in [0.25, 0.3) is 0 Å². The minimum absolute atomic E-state index is 0.225. The summed E-state index contributed by atoms with van der Waals surface area (Å²) in [5.41, 5.74) is 0.271. The van der Waals surface area contributed by atoms with E-state index in [9.17, 15) is 19.6 Å². The molecule has 3 rings (SSSR count). The van der Waals surface area contributed by atoms with Crippen LogP contribution in [0.1, 0.15) is 31.2 Å². The van der Waals surface area contributed by atoms with Crippen molar-refractivity contribution in [3.05, 3.63) is 39.7 Å². The van der Waals surface area contributed by atoms with Crippen molar-refractivity contribution in [3.8, 4) is 0 Å². The standard InChI is InChI=1S/C14H17FN2O3/c15-13-5-9(1-4-14(13)17(19)20)8-16-10-2-3-11(16)7-12(18)6-10/h1,4-5,10-12,18H,2-3,6-8H2. The van der Waals surface area contributed by atoms with E-state index in [-0.39, 0.29) is 6.10 Å². The van der Waals surface area contributed by atoms with Gasteiger partial charge in [0.25, 0.3) is 0 Å². The summed E-state index contributed by atoms with van der Waals surface area (Å²) in [5.74, 6) is -0.781. The minimum atomic E-state index is -0.781. The molecule has 2 aliphatic heterocycles. The Hall–Kier alpha value is -1.53. The van der Waals surface area contributed by atoms with Crippen molar-refractivity contribution >= 4 is 5.69 Å². The predicted octanol–water partition coefficient (Wildman–Crippen LogP) is 2.22. The highest BCUT2D eigenvalue weighted by Crippen LogP contribution is 2.37. The molecule has 0 spiro atoms. The molecular formula is C14H17FN2O3. The Labute approximate surface area is 116 Å². The van der Waals surface area contributed by atoms with Gasteiger partial charge in [-0.2, -0.15) is 4.39 Å². The highest BCUT2D eigenvalue weighted by atomic mass is 19.1. The van der Waals surface area contributed by atoms with Crippen molar-refractivity contribution in [3.63, 3.8) is 0 Å². The van der Waals surface area contributed by atoms with Crippen molar-refractivity contribution in [2.24, 2.45) is 0 Å². The molecule has 2 atom stereocenters. The SMILES string of the molecule is O=[N+]([O-])c1ccc(CN2C3CCC2CC(O)C3)cc1F. The van der Waals surface area contributed by atoms with E-state index in [2.05, 4.69) is 4.90 Å². The zero-order valence-corrected chi connectivity index (χ0v) is 11.0. The lowest BCUT2D eigenvalue weighted by molar-refractivity contribution is -0.387. The predicted molar refractivity (Wildman–Crippen MR) is 70.6 cm³/mol. The fourth-order valence-electron chi connectivity index (χ4n) is 3.51. The smallest absolute Gasteiger partial charge is 0.304 e. The van der Waals surface area contributed by atoms with Crippen molar-refractivity contribution < 1.29 is 14.4 Å². The highest BCUT2D eigenvalue weighted by molar-refractivity contribution is 5.35. The van der Waals surface area contributed by atoms with Gasteiger partial charge in [-0.05, 0) is 37.3 Å². The van der Waals surface area contributed by atoms with Crippen LogP contribution in [-0.4, -0.2) is 33.1 Å². The largest absolute Gasteiger partial charge is 0.393 e. The maximum absolute atomic E-state index is 13.6. The van der Waals surface area contributed by atoms with Crippen LogP contribution in [0, 0.1) is 15.9 Å². The van der Waals surface area contributed by atoms with Crippen LogP contribution in [0.5, 0.6) is 0 Å². The molecule has 0 saturated carbocycles. The highest BCUT2D eigenvalue weighted by Gasteiger charge is 2.39. The molecule has 2 aliphatic rings. The molecule has 2 unspecified atom stereocenters. The monoisotopic (exact) mass is 280 g/mol. The summed E-state index contributed by atoms with van der Waals surface area (Å²) in [6.07, 6.45) is 3.45. The van der Waals surface area contributed by atoms with E-state index in [0.717, 1.165) is 31.2 Å². The third kappa shape index (κ3) is 2.41. The van der Waals surface area contributed by atoms with Crippen LogP contribution in [0.3, 0.4) is 0 Å². The first kappa shape index (κ1) is 13.5. The Bertz CT molecular complexity index is 523. The van der Waals surface area contributed by atoms with Gasteiger partial charge in [-0.3, -0.25) is 15.0 Å². The zero-order valence-electron chi connectivity index (χ0n) is 11.0. The number of benzene rings is 1. The fraction of sp³-hybridized carbons (Fsp3) is 0.571. The van der Waals surface area contributed by atoms with E-state index < -0.39 is 16.4 Å². The molecule has 2 bridgehead atoms. The van der Waals surface area contributed by atoms with E-state index in [0.29, 0.717) is 18.6 Å². The number of nitro groups is 1. The first-order valence-corrected chi connectivity index (χ1v) is 6.91. The van der Waals surface area contributed by atoms with Gasteiger partial charge in [-0.1, -0.05) is 6.07 Å². The number of piperidine rings is 1. The quantitative estimate of drug-likeness (QED) is 0.681. The molecule has 2 fully saturated rings. The summed E-state index contributed by atoms with van der Waals surface area (Å²) in [5, 5.41) is 20.4. The number of rotatable bonds is 3. The number of halogens is 1. The number of nitro benzene ring substituents is 1. The summed E-state index contributed by atoms with van der Waals surface area (Å²) in [6.45, 7) is 0.594. The molecule has 6 heteroatoms. The third-order valence-corrected chi connectivity index (χ3v) is 4.43. The Morgan fingerprint density at radius 1 is 1.35 bits per heavy atom. The summed E-state index contributed by atoms with van der Waals surface area (Å²) >= 11 is 0. The van der Waals surface area contributed by atoms with Crippen LogP contribution < -0.4 is 0 Å². The summed E-state index contributed by atoms with van der Waals surface area (Å²) in [7, 11) is 0. The molecule has 0 aromatic heterocycles. The molecular weight excluding hydrogens is 263 g/mol. The van der Waals surface area contributed by atoms with Crippen LogP contribution in [0.15, 0.2) is 18.2 Å². The molecule has 0 aliphatic carbocycles. The molecule has 2 heterocycles. The third-order valence-electron chi connectivity index (χ3n) is 4.43. The van der Waals surface area contributed by atoms with Crippen molar-refractivity contribution in [2.45, 2.75) is 50.4 Å². The number of hydrogen-bond acceptors (Lipinski definition) is 4. The second-order valence-electron chi connectivity index (χ2n) is 5.73. The molecule has 0 amide bonds. The first-order chi connectivity index (χ1) is 9.54. The second kappa shape index (κ2) is 5.10. The Kier molecular flexibility index (Phi) is 3.43. The lowest BCUT2D eigenvalue weighted by atomic mass is 9.99. The van der Waals surface area contributed by atoms with Gasteiger partial charge in [-0.25, -0.2) is 0 Å². The van der Waals surface area contributed by atoms with Gasteiger partial charge in [0.2, 0.25) is 5.82 Å². The lowest BCUT2D eigenvalue weighted by Crippen LogP contribution is -2.44. The molecule has 2 saturated heterocycles. The van der Waals surface area contributed by atoms with Crippen molar-refractivity contribution in [1.29, 1.82) is 0 Å². The number of nitrogens with zero attached hydrogens (tertiary/aromatic N) is 2. The number of hydrogen-bond donors (Lipinski definition) is 1. The summed E-state index contributed by atoms with van der Waals surface area (Å²) < 4.78 is 13.6.